The second kappa shape index (κ2) is 6.35. The Labute approximate surface area is 138 Å². The van der Waals surface area contributed by atoms with Gasteiger partial charge in [0.15, 0.2) is 0 Å². The third-order valence-corrected chi connectivity index (χ3v) is 5.09. The van der Waals surface area contributed by atoms with Crippen LogP contribution in [-0.4, -0.2) is 73.2 Å². The van der Waals surface area contributed by atoms with E-state index in [0.717, 1.165) is 51.3 Å². The fraction of sp³-hybridized carbons (Fsp3) is 0.647. The minimum Gasteiger partial charge on any atom is -0.371 e. The topological polar surface area (TPSA) is 51.7 Å². The molecule has 2 saturated heterocycles. The van der Waals surface area contributed by atoms with Gasteiger partial charge in [0.25, 0.3) is 0 Å². The van der Waals surface area contributed by atoms with Gasteiger partial charge < -0.3 is 20.0 Å². The number of urea groups is 1. The summed E-state index contributed by atoms with van der Waals surface area (Å²) in [4.78, 5) is 23.1. The van der Waals surface area contributed by atoms with Crippen LogP contribution in [0.2, 0.25) is 0 Å². The van der Waals surface area contributed by atoms with Crippen LogP contribution in [-0.2, 0) is 0 Å². The maximum atomic E-state index is 12.6. The van der Waals surface area contributed by atoms with Crippen LogP contribution in [0.25, 0.3) is 0 Å². The van der Waals surface area contributed by atoms with E-state index in [9.17, 15) is 4.79 Å². The lowest BCUT2D eigenvalue weighted by Gasteiger charge is -2.52. The number of rotatable bonds is 1. The van der Waals surface area contributed by atoms with Gasteiger partial charge in [0.05, 0.1) is 5.54 Å². The van der Waals surface area contributed by atoms with E-state index in [4.69, 9.17) is 0 Å². The van der Waals surface area contributed by atoms with Gasteiger partial charge in [0, 0.05) is 64.4 Å². The molecule has 0 radical (unpaired) electrons. The molecule has 0 unspecified atom stereocenters. The molecule has 2 aliphatic heterocycles. The summed E-state index contributed by atoms with van der Waals surface area (Å²) in [6.45, 7) is 6.55. The first-order valence-corrected chi connectivity index (χ1v) is 8.39. The number of pyridine rings is 1. The molecule has 1 N–H and O–H groups in total. The first kappa shape index (κ1) is 16.1. The summed E-state index contributed by atoms with van der Waals surface area (Å²) in [5, 5.41) is 3.49. The van der Waals surface area contributed by atoms with E-state index >= 15 is 0 Å². The lowest BCUT2D eigenvalue weighted by Crippen LogP contribution is -2.67. The molecule has 3 rings (SSSR count). The molecule has 0 bridgehead atoms. The number of piperazine rings is 1. The van der Waals surface area contributed by atoms with E-state index in [1.165, 1.54) is 5.69 Å². The van der Waals surface area contributed by atoms with Crippen molar-refractivity contribution in [2.75, 3.05) is 51.7 Å². The summed E-state index contributed by atoms with van der Waals surface area (Å²) < 4.78 is 0. The summed E-state index contributed by atoms with van der Waals surface area (Å²) in [5.74, 6) is 0. The lowest BCUT2D eigenvalue weighted by atomic mass is 9.84. The van der Waals surface area contributed by atoms with Crippen molar-refractivity contribution in [1.82, 2.24) is 20.1 Å². The number of hydrogen-bond acceptors (Lipinski definition) is 4. The summed E-state index contributed by atoms with van der Waals surface area (Å²) in [5.41, 5.74) is 2.24. The number of amides is 2. The van der Waals surface area contributed by atoms with E-state index in [2.05, 4.69) is 32.2 Å². The predicted molar refractivity (Wildman–Crippen MR) is 91.8 cm³/mol. The summed E-state index contributed by atoms with van der Waals surface area (Å²) in [6.07, 6.45) is 3.88. The van der Waals surface area contributed by atoms with Crippen LogP contribution >= 0.6 is 0 Å². The monoisotopic (exact) mass is 317 g/mol. The van der Waals surface area contributed by atoms with Crippen molar-refractivity contribution in [2.45, 2.75) is 25.3 Å². The molecule has 6 nitrogen and oxygen atoms in total. The summed E-state index contributed by atoms with van der Waals surface area (Å²) >= 11 is 0. The van der Waals surface area contributed by atoms with Crippen LogP contribution in [0, 0.1) is 6.92 Å². The number of carbonyl (C=O) groups is 1. The van der Waals surface area contributed by atoms with Crippen molar-refractivity contribution in [1.29, 1.82) is 0 Å². The average Bonchev–Trinajstić information content (AvgIpc) is 2.55. The van der Waals surface area contributed by atoms with Gasteiger partial charge >= 0.3 is 6.03 Å². The molecule has 1 aromatic rings. The molecular formula is C17H27N5O. The third-order valence-electron chi connectivity index (χ3n) is 5.09. The van der Waals surface area contributed by atoms with Crippen molar-refractivity contribution < 1.29 is 4.79 Å². The number of anilines is 1. The average molecular weight is 317 g/mol. The standard InChI is InChI=1S/C17H27N5O/c1-14-12-15(4-7-19-14)21-9-5-17(6-10-21)13-18-8-11-22(17)16(23)20(2)3/h4,7,12,18H,5-6,8-11,13H2,1-3H3. The summed E-state index contributed by atoms with van der Waals surface area (Å²) in [7, 11) is 3.68. The van der Waals surface area contributed by atoms with Gasteiger partial charge in [-0.15, -0.1) is 0 Å². The Balaban J connectivity index is 1.73. The molecule has 0 saturated carbocycles. The van der Waals surface area contributed by atoms with Crippen LogP contribution in [0.3, 0.4) is 0 Å². The van der Waals surface area contributed by atoms with E-state index in [1.54, 1.807) is 4.90 Å². The highest BCUT2D eigenvalue weighted by Gasteiger charge is 2.44. The van der Waals surface area contributed by atoms with Crippen LogP contribution < -0.4 is 10.2 Å². The van der Waals surface area contributed by atoms with Gasteiger partial charge in [-0.2, -0.15) is 0 Å². The van der Waals surface area contributed by atoms with Crippen molar-refractivity contribution in [3.05, 3.63) is 24.0 Å². The molecular weight excluding hydrogens is 290 g/mol. The fourth-order valence-electron chi connectivity index (χ4n) is 3.74. The summed E-state index contributed by atoms with van der Waals surface area (Å²) in [6, 6.07) is 4.35. The molecule has 1 aromatic heterocycles. The van der Waals surface area contributed by atoms with Crippen LogP contribution in [0.1, 0.15) is 18.5 Å². The first-order chi connectivity index (χ1) is 11.0. The molecule has 126 valence electrons. The van der Waals surface area contributed by atoms with E-state index in [1.807, 2.05) is 27.2 Å². The van der Waals surface area contributed by atoms with Crippen molar-refractivity contribution in [3.8, 4) is 0 Å². The Hall–Kier alpha value is -1.82. The van der Waals surface area contributed by atoms with E-state index in [0.29, 0.717) is 0 Å². The molecule has 2 amide bonds. The largest absolute Gasteiger partial charge is 0.371 e. The lowest BCUT2D eigenvalue weighted by molar-refractivity contribution is 0.0547. The maximum Gasteiger partial charge on any atom is 0.320 e. The van der Waals surface area contributed by atoms with Gasteiger partial charge in [-0.05, 0) is 31.9 Å². The molecule has 2 fully saturated rings. The molecule has 0 aromatic carbocycles. The van der Waals surface area contributed by atoms with Gasteiger partial charge in [0.2, 0.25) is 0 Å². The number of nitrogens with one attached hydrogen (secondary N) is 1. The molecule has 0 atom stereocenters. The van der Waals surface area contributed by atoms with Crippen molar-refractivity contribution in [3.63, 3.8) is 0 Å². The predicted octanol–water partition coefficient (Wildman–Crippen LogP) is 1.32. The molecule has 1 spiro atoms. The first-order valence-electron chi connectivity index (χ1n) is 8.39. The van der Waals surface area contributed by atoms with E-state index < -0.39 is 0 Å². The molecule has 0 aliphatic carbocycles. The van der Waals surface area contributed by atoms with Gasteiger partial charge in [-0.25, -0.2) is 4.79 Å². The molecule has 23 heavy (non-hydrogen) atoms. The van der Waals surface area contributed by atoms with Crippen LogP contribution in [0.5, 0.6) is 0 Å². The van der Waals surface area contributed by atoms with Gasteiger partial charge in [0.1, 0.15) is 0 Å². The Bertz CT molecular complexity index is 566. The number of aryl methyl sites for hydroxylation is 1. The zero-order valence-corrected chi connectivity index (χ0v) is 14.4. The molecule has 3 heterocycles. The SMILES string of the molecule is Cc1cc(N2CCC3(CC2)CNCCN3C(=O)N(C)C)ccn1. The maximum absolute atomic E-state index is 12.6. The number of aromatic nitrogens is 1. The molecule has 6 heteroatoms. The Morgan fingerprint density at radius 2 is 2.04 bits per heavy atom. The number of hydrogen-bond donors (Lipinski definition) is 1. The van der Waals surface area contributed by atoms with Crippen molar-refractivity contribution >= 4 is 11.7 Å². The second-order valence-electron chi connectivity index (χ2n) is 6.87. The van der Waals surface area contributed by atoms with Gasteiger partial charge in [-0.1, -0.05) is 0 Å². The normalized spacial score (nSPS) is 20.7. The third kappa shape index (κ3) is 3.13. The minimum absolute atomic E-state index is 0.0435. The zero-order valence-electron chi connectivity index (χ0n) is 14.4. The van der Waals surface area contributed by atoms with Crippen LogP contribution in [0.15, 0.2) is 18.3 Å². The van der Waals surface area contributed by atoms with Gasteiger partial charge in [-0.3, -0.25) is 4.98 Å². The Morgan fingerprint density at radius 3 is 2.70 bits per heavy atom. The zero-order chi connectivity index (χ0) is 16.4. The smallest absolute Gasteiger partial charge is 0.320 e. The highest BCUT2D eigenvalue weighted by Crippen LogP contribution is 2.33. The number of nitrogens with zero attached hydrogens (tertiary/aromatic N) is 4. The minimum atomic E-state index is -0.0435. The fourth-order valence-corrected chi connectivity index (χ4v) is 3.74. The van der Waals surface area contributed by atoms with E-state index in [-0.39, 0.29) is 11.6 Å². The highest BCUT2D eigenvalue weighted by atomic mass is 16.2. The number of piperidine rings is 1. The van der Waals surface area contributed by atoms with Crippen LogP contribution in [0.4, 0.5) is 10.5 Å². The quantitative estimate of drug-likeness (QED) is 0.849. The highest BCUT2D eigenvalue weighted by molar-refractivity contribution is 5.75. The molecule has 2 aliphatic rings. The Morgan fingerprint density at radius 1 is 1.30 bits per heavy atom. The Kier molecular flexibility index (Phi) is 4.43. The number of carbonyl (C=O) groups excluding carboxylic acids is 1. The second-order valence-corrected chi connectivity index (χ2v) is 6.87. The van der Waals surface area contributed by atoms with Crippen molar-refractivity contribution in [2.24, 2.45) is 0 Å².